The first-order valence-electron chi connectivity index (χ1n) is 2.87. The van der Waals surface area contributed by atoms with Crippen molar-refractivity contribution in [2.45, 2.75) is 12.0 Å². The Balaban J connectivity index is -0.000000213. The first kappa shape index (κ1) is 17.5. The molecule has 0 spiro atoms. The summed E-state index contributed by atoms with van der Waals surface area (Å²) in [6.07, 6.45) is 1.03. The van der Waals surface area contributed by atoms with Gasteiger partial charge in [-0.3, -0.25) is 0 Å². The predicted molar refractivity (Wildman–Crippen MR) is 35.3 cm³/mol. The van der Waals surface area contributed by atoms with Crippen LogP contribution < -0.4 is 11.5 Å². The van der Waals surface area contributed by atoms with E-state index in [0.29, 0.717) is 13.1 Å². The van der Waals surface area contributed by atoms with Gasteiger partial charge in [-0.2, -0.15) is 0 Å². The summed E-state index contributed by atoms with van der Waals surface area (Å²) in [6, 6.07) is 0. The third kappa shape index (κ3) is 3.60. The summed E-state index contributed by atoms with van der Waals surface area (Å²) >= 11 is 0. The van der Waals surface area contributed by atoms with Crippen LogP contribution in [0, 0.1) is 0 Å². The molecule has 0 radical (unpaired) electrons. The van der Waals surface area contributed by atoms with Gasteiger partial charge in [-0.1, -0.05) is 0 Å². The van der Waals surface area contributed by atoms with Crippen molar-refractivity contribution in [3.8, 4) is 0 Å². The molecule has 0 saturated carbocycles. The fourth-order valence-electron chi connectivity index (χ4n) is 0.796. The van der Waals surface area contributed by atoms with E-state index in [1.165, 1.54) is 0 Å². The van der Waals surface area contributed by atoms with Crippen LogP contribution >= 0.6 is 0 Å². The van der Waals surface area contributed by atoms with Gasteiger partial charge in [0.15, 0.2) is 0 Å². The molecule has 0 aromatic carbocycles. The van der Waals surface area contributed by atoms with Gasteiger partial charge in [0.2, 0.25) is 0 Å². The number of rotatable bonds is 2. The standard InChI is InChI=1S/C5H12N2O.2H2O.Pt/c6-3-5(4-7)1-2-8-5;;;/h1-4,6-7H2;2*1H2;/q;;;+2/p-2. The van der Waals surface area contributed by atoms with Crippen LogP contribution in [0.15, 0.2) is 0 Å². The molecular formula is C5H14N2O3Pt. The zero-order valence-electron chi connectivity index (χ0n) is 6.10. The minimum Gasteiger partial charge on any atom is -0.870 e. The smallest absolute Gasteiger partial charge is 0.870 e. The molecule has 1 saturated heterocycles. The Morgan fingerprint density at radius 3 is 1.55 bits per heavy atom. The van der Waals surface area contributed by atoms with E-state index in [2.05, 4.69) is 0 Å². The summed E-state index contributed by atoms with van der Waals surface area (Å²) in [5.41, 5.74) is 10.6. The summed E-state index contributed by atoms with van der Waals surface area (Å²) in [5, 5.41) is 0. The predicted octanol–water partition coefficient (Wildman–Crippen LogP) is -1.29. The zero-order chi connectivity index (χ0) is 6.04. The van der Waals surface area contributed by atoms with Gasteiger partial charge < -0.3 is 27.2 Å². The fraction of sp³-hybridized carbons (Fsp3) is 1.00. The van der Waals surface area contributed by atoms with Crippen molar-refractivity contribution in [2.75, 3.05) is 19.7 Å². The van der Waals surface area contributed by atoms with E-state index in [4.69, 9.17) is 16.2 Å². The topological polar surface area (TPSA) is 121 Å². The molecule has 0 aromatic rings. The van der Waals surface area contributed by atoms with E-state index in [0.717, 1.165) is 13.0 Å². The van der Waals surface area contributed by atoms with Crippen molar-refractivity contribution >= 4 is 0 Å². The Morgan fingerprint density at radius 1 is 1.18 bits per heavy atom. The van der Waals surface area contributed by atoms with Crippen LogP contribution in [0.4, 0.5) is 0 Å². The second-order valence-corrected chi connectivity index (χ2v) is 2.19. The molecular weight excluding hydrogens is 331 g/mol. The molecule has 5 nitrogen and oxygen atoms in total. The van der Waals surface area contributed by atoms with E-state index in [-0.39, 0.29) is 37.6 Å². The fourth-order valence-corrected chi connectivity index (χ4v) is 0.796. The van der Waals surface area contributed by atoms with Crippen molar-refractivity contribution in [3.63, 3.8) is 0 Å². The number of hydrogen-bond donors (Lipinski definition) is 2. The maximum absolute atomic E-state index is 5.37. The Bertz CT molecular complexity index is 76.3. The molecule has 0 atom stereocenters. The summed E-state index contributed by atoms with van der Waals surface area (Å²) < 4.78 is 5.17. The van der Waals surface area contributed by atoms with Gasteiger partial charge in [0, 0.05) is 19.5 Å². The third-order valence-electron chi connectivity index (χ3n) is 1.71. The molecule has 1 aliphatic rings. The molecule has 0 bridgehead atoms. The van der Waals surface area contributed by atoms with E-state index < -0.39 is 0 Å². The monoisotopic (exact) mass is 345 g/mol. The average molecular weight is 345 g/mol. The van der Waals surface area contributed by atoms with Gasteiger partial charge in [0.25, 0.3) is 0 Å². The van der Waals surface area contributed by atoms with Crippen LogP contribution in [0.1, 0.15) is 6.42 Å². The second kappa shape index (κ2) is 7.15. The van der Waals surface area contributed by atoms with Crippen LogP contribution in [0.2, 0.25) is 0 Å². The molecule has 0 aromatic heterocycles. The summed E-state index contributed by atoms with van der Waals surface area (Å²) in [7, 11) is 0. The summed E-state index contributed by atoms with van der Waals surface area (Å²) in [5.74, 6) is 0. The van der Waals surface area contributed by atoms with Gasteiger partial charge in [-0.15, -0.1) is 0 Å². The Morgan fingerprint density at radius 2 is 1.55 bits per heavy atom. The Labute approximate surface area is 80.3 Å². The number of ether oxygens (including phenoxy) is 1. The zero-order valence-corrected chi connectivity index (χ0v) is 8.37. The second-order valence-electron chi connectivity index (χ2n) is 2.19. The van der Waals surface area contributed by atoms with Crippen molar-refractivity contribution in [2.24, 2.45) is 11.5 Å². The summed E-state index contributed by atoms with van der Waals surface area (Å²) in [4.78, 5) is 0. The van der Waals surface area contributed by atoms with E-state index in [1.807, 2.05) is 0 Å². The number of nitrogens with two attached hydrogens (primary N) is 2. The van der Waals surface area contributed by atoms with Gasteiger partial charge in [0.1, 0.15) is 0 Å². The van der Waals surface area contributed by atoms with Crippen LogP contribution in [0.3, 0.4) is 0 Å². The van der Waals surface area contributed by atoms with Gasteiger partial charge in [-0.05, 0) is 0 Å². The molecule has 1 heterocycles. The first-order chi connectivity index (χ1) is 3.83. The molecule has 0 amide bonds. The number of hydrogen-bond acceptors (Lipinski definition) is 5. The average Bonchev–Trinajstić information content (AvgIpc) is 1.67. The van der Waals surface area contributed by atoms with Crippen LogP contribution in [-0.4, -0.2) is 36.2 Å². The molecule has 1 rings (SSSR count). The molecule has 6 heteroatoms. The molecule has 11 heavy (non-hydrogen) atoms. The Kier molecular flexibility index (Phi) is 11.4. The van der Waals surface area contributed by atoms with Crippen molar-refractivity contribution in [1.82, 2.24) is 0 Å². The largest absolute Gasteiger partial charge is 2.00 e. The van der Waals surface area contributed by atoms with Crippen molar-refractivity contribution < 1.29 is 36.8 Å². The SMILES string of the molecule is NCC1(CN)CCO1.[OH-].[OH-].[Pt+2]. The first-order valence-corrected chi connectivity index (χ1v) is 2.87. The van der Waals surface area contributed by atoms with Gasteiger partial charge in [0.05, 0.1) is 12.2 Å². The quantitative estimate of drug-likeness (QED) is 0.645. The summed E-state index contributed by atoms with van der Waals surface area (Å²) in [6.45, 7) is 1.95. The molecule has 1 fully saturated rings. The van der Waals surface area contributed by atoms with Crippen LogP contribution in [0.25, 0.3) is 0 Å². The van der Waals surface area contributed by atoms with Crippen LogP contribution in [0.5, 0.6) is 0 Å². The van der Waals surface area contributed by atoms with Gasteiger partial charge >= 0.3 is 21.1 Å². The van der Waals surface area contributed by atoms with Crippen molar-refractivity contribution in [3.05, 3.63) is 0 Å². The van der Waals surface area contributed by atoms with E-state index >= 15 is 0 Å². The molecule has 72 valence electrons. The maximum atomic E-state index is 5.37. The van der Waals surface area contributed by atoms with Crippen LogP contribution in [-0.2, 0) is 25.8 Å². The molecule has 0 unspecified atom stereocenters. The normalized spacial score (nSPS) is 18.0. The third-order valence-corrected chi connectivity index (χ3v) is 1.71. The molecule has 6 N–H and O–H groups in total. The van der Waals surface area contributed by atoms with Crippen molar-refractivity contribution in [1.29, 1.82) is 0 Å². The molecule has 0 aliphatic carbocycles. The van der Waals surface area contributed by atoms with E-state index in [9.17, 15) is 0 Å². The molecule has 1 aliphatic heterocycles. The minimum absolute atomic E-state index is 0. The minimum atomic E-state index is -0.139. The van der Waals surface area contributed by atoms with E-state index in [1.54, 1.807) is 0 Å². The Hall–Kier alpha value is 0.488. The van der Waals surface area contributed by atoms with Gasteiger partial charge in [-0.25, -0.2) is 0 Å². The maximum Gasteiger partial charge on any atom is 2.00 e.